The van der Waals surface area contributed by atoms with Crippen molar-refractivity contribution in [1.82, 2.24) is 16.0 Å². The number of amides is 3. The van der Waals surface area contributed by atoms with Gasteiger partial charge in [-0.25, -0.2) is 4.79 Å². The second kappa shape index (κ2) is 10.6. The lowest BCUT2D eigenvalue weighted by Crippen LogP contribution is -2.47. The first-order valence-corrected chi connectivity index (χ1v) is 6.66. The standard InChI is InChI=1S/C12H22N4O5/c1-2-3-4-8(12(20)21)16-11(19)7-15-10(18)6-14-9(17)5-13/h8H,2-7,13H2,1H3,(H,14,17)(H,15,18)(H,16,19)(H,20,21)/t8-/m0/s1. The number of carbonyl (C=O) groups is 4. The molecule has 0 heterocycles. The van der Waals surface area contributed by atoms with Crippen LogP contribution in [0.4, 0.5) is 0 Å². The first-order chi connectivity index (χ1) is 9.90. The van der Waals surface area contributed by atoms with E-state index in [1.165, 1.54) is 0 Å². The number of carboxylic acid groups (broad SMARTS) is 1. The Morgan fingerprint density at radius 2 is 1.62 bits per heavy atom. The van der Waals surface area contributed by atoms with Crippen LogP contribution in [0.15, 0.2) is 0 Å². The van der Waals surface area contributed by atoms with Gasteiger partial charge in [0.2, 0.25) is 17.7 Å². The van der Waals surface area contributed by atoms with Crippen molar-refractivity contribution in [3.05, 3.63) is 0 Å². The SMILES string of the molecule is CCCC[C@H](NC(=O)CNC(=O)CNC(=O)CN)C(=O)O. The van der Waals surface area contributed by atoms with E-state index in [4.69, 9.17) is 10.8 Å². The molecule has 0 bridgehead atoms. The van der Waals surface area contributed by atoms with Crippen LogP contribution in [0.1, 0.15) is 26.2 Å². The van der Waals surface area contributed by atoms with Crippen molar-refractivity contribution in [3.63, 3.8) is 0 Å². The first-order valence-electron chi connectivity index (χ1n) is 6.66. The maximum atomic E-state index is 11.5. The highest BCUT2D eigenvalue weighted by molar-refractivity contribution is 5.90. The fourth-order valence-electron chi connectivity index (χ4n) is 1.40. The van der Waals surface area contributed by atoms with Gasteiger partial charge in [0.15, 0.2) is 0 Å². The normalized spacial score (nSPS) is 11.3. The largest absolute Gasteiger partial charge is 0.480 e. The third-order valence-corrected chi connectivity index (χ3v) is 2.56. The lowest BCUT2D eigenvalue weighted by molar-refractivity contribution is -0.142. The van der Waals surface area contributed by atoms with Crippen molar-refractivity contribution in [1.29, 1.82) is 0 Å². The van der Waals surface area contributed by atoms with E-state index in [9.17, 15) is 19.2 Å². The summed E-state index contributed by atoms with van der Waals surface area (Å²) in [6.07, 6.45) is 1.82. The van der Waals surface area contributed by atoms with Crippen LogP contribution < -0.4 is 21.7 Å². The summed E-state index contributed by atoms with van der Waals surface area (Å²) in [5, 5.41) is 15.8. The first kappa shape index (κ1) is 18.8. The number of rotatable bonds is 10. The van der Waals surface area contributed by atoms with Gasteiger partial charge in [0.05, 0.1) is 19.6 Å². The number of carboxylic acids is 1. The van der Waals surface area contributed by atoms with Crippen molar-refractivity contribution in [2.75, 3.05) is 19.6 Å². The molecule has 0 aromatic rings. The minimum absolute atomic E-state index is 0.231. The zero-order valence-corrected chi connectivity index (χ0v) is 12.0. The summed E-state index contributed by atoms with van der Waals surface area (Å²) in [7, 11) is 0. The molecule has 0 fully saturated rings. The maximum absolute atomic E-state index is 11.5. The maximum Gasteiger partial charge on any atom is 0.326 e. The summed E-state index contributed by atoms with van der Waals surface area (Å²) in [5.74, 6) is -2.76. The van der Waals surface area contributed by atoms with E-state index >= 15 is 0 Å². The van der Waals surface area contributed by atoms with Gasteiger partial charge in [-0.1, -0.05) is 19.8 Å². The Kier molecular flexibility index (Phi) is 9.52. The molecule has 120 valence electrons. The minimum Gasteiger partial charge on any atom is -0.480 e. The van der Waals surface area contributed by atoms with Crippen LogP contribution in [0, 0.1) is 0 Å². The van der Waals surface area contributed by atoms with Crippen LogP contribution in [-0.4, -0.2) is 54.5 Å². The van der Waals surface area contributed by atoms with E-state index in [2.05, 4.69) is 16.0 Å². The number of hydrogen-bond acceptors (Lipinski definition) is 5. The molecule has 21 heavy (non-hydrogen) atoms. The topological polar surface area (TPSA) is 151 Å². The van der Waals surface area contributed by atoms with Crippen molar-refractivity contribution < 1.29 is 24.3 Å². The van der Waals surface area contributed by atoms with Gasteiger partial charge in [0.1, 0.15) is 6.04 Å². The molecule has 0 rings (SSSR count). The van der Waals surface area contributed by atoms with E-state index in [1.807, 2.05) is 6.92 Å². The lowest BCUT2D eigenvalue weighted by atomic mass is 10.1. The molecule has 0 aromatic heterocycles. The summed E-state index contributed by atoms with van der Waals surface area (Å²) in [6, 6.07) is -0.966. The second-order valence-corrected chi connectivity index (χ2v) is 4.36. The molecule has 0 radical (unpaired) electrons. The molecule has 3 amide bonds. The third-order valence-electron chi connectivity index (χ3n) is 2.56. The highest BCUT2D eigenvalue weighted by Crippen LogP contribution is 2.00. The number of hydrogen-bond donors (Lipinski definition) is 5. The van der Waals surface area contributed by atoms with Crippen molar-refractivity contribution in [3.8, 4) is 0 Å². The van der Waals surface area contributed by atoms with E-state index in [0.717, 1.165) is 6.42 Å². The molecule has 0 aliphatic carbocycles. The van der Waals surface area contributed by atoms with Crippen molar-refractivity contribution in [2.45, 2.75) is 32.2 Å². The van der Waals surface area contributed by atoms with E-state index in [-0.39, 0.29) is 19.6 Å². The summed E-state index contributed by atoms with van der Waals surface area (Å²) in [5.41, 5.74) is 5.04. The summed E-state index contributed by atoms with van der Waals surface area (Å²) in [4.78, 5) is 44.6. The van der Waals surface area contributed by atoms with Crippen LogP contribution in [-0.2, 0) is 19.2 Å². The zero-order valence-electron chi connectivity index (χ0n) is 12.0. The van der Waals surface area contributed by atoms with Crippen molar-refractivity contribution >= 4 is 23.7 Å². The van der Waals surface area contributed by atoms with E-state index in [1.54, 1.807) is 0 Å². The van der Waals surface area contributed by atoms with Crippen LogP contribution in [0.3, 0.4) is 0 Å². The Morgan fingerprint density at radius 3 is 2.14 bits per heavy atom. The highest BCUT2D eigenvalue weighted by atomic mass is 16.4. The van der Waals surface area contributed by atoms with Gasteiger partial charge in [-0.3, -0.25) is 14.4 Å². The molecule has 9 heteroatoms. The molecule has 9 nitrogen and oxygen atoms in total. The Balaban J connectivity index is 4.03. The third kappa shape index (κ3) is 9.38. The average molecular weight is 302 g/mol. The van der Waals surface area contributed by atoms with Crippen molar-refractivity contribution in [2.24, 2.45) is 5.73 Å². The predicted octanol–water partition coefficient (Wildman–Crippen LogP) is -2.06. The Hall–Kier alpha value is -2.16. The number of unbranched alkanes of at least 4 members (excludes halogenated alkanes) is 1. The zero-order chi connectivity index (χ0) is 16.3. The van der Waals surface area contributed by atoms with Gasteiger partial charge in [0, 0.05) is 0 Å². The summed E-state index contributed by atoms with van der Waals surface area (Å²) >= 11 is 0. The fourth-order valence-corrected chi connectivity index (χ4v) is 1.40. The minimum atomic E-state index is -1.11. The number of aliphatic carboxylic acids is 1. The molecular formula is C12H22N4O5. The van der Waals surface area contributed by atoms with E-state index < -0.39 is 29.7 Å². The monoisotopic (exact) mass is 302 g/mol. The Bertz CT molecular complexity index is 386. The van der Waals surface area contributed by atoms with Gasteiger partial charge in [-0.15, -0.1) is 0 Å². The van der Waals surface area contributed by atoms with Crippen LogP contribution in [0.5, 0.6) is 0 Å². The molecule has 0 saturated carbocycles. The molecule has 6 N–H and O–H groups in total. The number of carbonyl (C=O) groups excluding carboxylic acids is 3. The van der Waals surface area contributed by atoms with Crippen LogP contribution >= 0.6 is 0 Å². The summed E-state index contributed by atoms with van der Waals surface area (Å²) in [6.45, 7) is 1.04. The van der Waals surface area contributed by atoms with Gasteiger partial charge in [-0.2, -0.15) is 0 Å². The van der Waals surface area contributed by atoms with Crippen LogP contribution in [0.2, 0.25) is 0 Å². The molecule has 0 saturated heterocycles. The Labute approximate surface area is 122 Å². The lowest BCUT2D eigenvalue weighted by Gasteiger charge is -2.14. The van der Waals surface area contributed by atoms with Gasteiger partial charge < -0.3 is 26.8 Å². The van der Waals surface area contributed by atoms with Gasteiger partial charge in [-0.05, 0) is 6.42 Å². The van der Waals surface area contributed by atoms with Gasteiger partial charge in [0.25, 0.3) is 0 Å². The van der Waals surface area contributed by atoms with Gasteiger partial charge >= 0.3 is 5.97 Å². The smallest absolute Gasteiger partial charge is 0.326 e. The molecule has 0 unspecified atom stereocenters. The predicted molar refractivity (Wildman–Crippen MR) is 74.2 cm³/mol. The molecule has 1 atom stereocenters. The quantitative estimate of drug-likeness (QED) is 0.313. The number of nitrogens with one attached hydrogen (secondary N) is 3. The molecule has 0 aromatic carbocycles. The van der Waals surface area contributed by atoms with Crippen LogP contribution in [0.25, 0.3) is 0 Å². The molecular weight excluding hydrogens is 280 g/mol. The molecule has 0 aliphatic rings. The van der Waals surface area contributed by atoms with E-state index in [0.29, 0.717) is 12.8 Å². The second-order valence-electron chi connectivity index (χ2n) is 4.36. The summed E-state index contributed by atoms with van der Waals surface area (Å²) < 4.78 is 0. The molecule has 0 aliphatic heterocycles. The average Bonchev–Trinajstić information content (AvgIpc) is 2.46. The number of nitrogens with two attached hydrogens (primary N) is 1. The molecule has 0 spiro atoms. The Morgan fingerprint density at radius 1 is 1.05 bits per heavy atom. The highest BCUT2D eigenvalue weighted by Gasteiger charge is 2.19. The fraction of sp³-hybridized carbons (Fsp3) is 0.667.